The Hall–Kier alpha value is -0.870. The van der Waals surface area contributed by atoms with E-state index in [1.807, 2.05) is 17.9 Å². The van der Waals surface area contributed by atoms with E-state index in [0.29, 0.717) is 5.92 Å². The second kappa shape index (κ2) is 4.11. The lowest BCUT2D eigenvalue weighted by molar-refractivity contribution is 0.313. The number of nitrogens with zero attached hydrogens (tertiary/aromatic N) is 3. The van der Waals surface area contributed by atoms with Gasteiger partial charge in [-0.15, -0.1) is 0 Å². The zero-order valence-corrected chi connectivity index (χ0v) is 8.69. The average Bonchev–Trinajstić information content (AvgIpc) is 2.76. The Labute approximate surface area is 84.7 Å². The van der Waals surface area contributed by atoms with E-state index >= 15 is 0 Å². The minimum atomic E-state index is 0.693. The van der Waals surface area contributed by atoms with Gasteiger partial charge < -0.3 is 5.73 Å². The molecule has 0 amide bonds. The smallest absolute Gasteiger partial charge is 0.0764 e. The van der Waals surface area contributed by atoms with E-state index in [1.165, 1.54) is 13.0 Å². The highest BCUT2D eigenvalue weighted by molar-refractivity contribution is 4.99. The fraction of sp³-hybridized carbons (Fsp3) is 0.700. The van der Waals surface area contributed by atoms with Gasteiger partial charge in [0.05, 0.1) is 5.69 Å². The average molecular weight is 194 g/mol. The minimum Gasteiger partial charge on any atom is -0.330 e. The summed E-state index contributed by atoms with van der Waals surface area (Å²) in [5, 5.41) is 4.37. The molecule has 0 spiro atoms. The van der Waals surface area contributed by atoms with Gasteiger partial charge in [-0.3, -0.25) is 9.58 Å². The molecule has 1 saturated heterocycles. The molecular formula is C10H18N4. The number of hydrogen-bond acceptors (Lipinski definition) is 3. The maximum Gasteiger partial charge on any atom is 0.0764 e. The first-order chi connectivity index (χ1) is 6.78. The molecule has 1 atom stereocenters. The summed E-state index contributed by atoms with van der Waals surface area (Å²) in [5.41, 5.74) is 6.80. The van der Waals surface area contributed by atoms with Crippen molar-refractivity contribution in [3.05, 3.63) is 18.0 Å². The summed E-state index contributed by atoms with van der Waals surface area (Å²) in [6, 6.07) is 2.08. The van der Waals surface area contributed by atoms with Crippen molar-refractivity contribution in [1.29, 1.82) is 0 Å². The normalized spacial score (nSPS) is 23.1. The number of nitrogens with two attached hydrogens (primary N) is 1. The summed E-state index contributed by atoms with van der Waals surface area (Å²) >= 11 is 0. The number of aromatic nitrogens is 2. The van der Waals surface area contributed by atoms with Crippen LogP contribution in [-0.2, 0) is 13.6 Å². The van der Waals surface area contributed by atoms with Crippen LogP contribution >= 0.6 is 0 Å². The highest BCUT2D eigenvalue weighted by Crippen LogP contribution is 2.16. The molecule has 0 aromatic carbocycles. The molecule has 1 aromatic rings. The van der Waals surface area contributed by atoms with Crippen LogP contribution in [0.5, 0.6) is 0 Å². The van der Waals surface area contributed by atoms with Crippen LogP contribution in [0.15, 0.2) is 12.3 Å². The van der Waals surface area contributed by atoms with Gasteiger partial charge in [-0.05, 0) is 31.5 Å². The summed E-state index contributed by atoms with van der Waals surface area (Å²) in [4.78, 5) is 2.43. The summed E-state index contributed by atoms with van der Waals surface area (Å²) in [5.74, 6) is 0.693. The highest BCUT2D eigenvalue weighted by atomic mass is 15.3. The Morgan fingerprint density at radius 1 is 1.64 bits per heavy atom. The van der Waals surface area contributed by atoms with Crippen LogP contribution in [0.2, 0.25) is 0 Å². The summed E-state index contributed by atoms with van der Waals surface area (Å²) in [6.45, 7) is 4.08. The predicted molar refractivity (Wildman–Crippen MR) is 55.6 cm³/mol. The Morgan fingerprint density at radius 3 is 3.07 bits per heavy atom. The van der Waals surface area contributed by atoms with Crippen molar-refractivity contribution in [2.24, 2.45) is 18.7 Å². The maximum atomic E-state index is 5.65. The van der Waals surface area contributed by atoms with Crippen molar-refractivity contribution >= 4 is 0 Å². The summed E-state index contributed by atoms with van der Waals surface area (Å²) in [6.07, 6.45) is 3.23. The molecule has 14 heavy (non-hydrogen) atoms. The van der Waals surface area contributed by atoms with Crippen molar-refractivity contribution in [2.45, 2.75) is 13.0 Å². The van der Waals surface area contributed by atoms with Gasteiger partial charge in [-0.1, -0.05) is 0 Å². The molecule has 0 saturated carbocycles. The summed E-state index contributed by atoms with van der Waals surface area (Å²) in [7, 11) is 1.95. The molecule has 2 N–H and O–H groups in total. The highest BCUT2D eigenvalue weighted by Gasteiger charge is 2.21. The van der Waals surface area contributed by atoms with Crippen LogP contribution < -0.4 is 5.73 Å². The maximum absolute atomic E-state index is 5.65. The van der Waals surface area contributed by atoms with E-state index in [-0.39, 0.29) is 0 Å². The van der Waals surface area contributed by atoms with E-state index < -0.39 is 0 Å². The molecule has 2 rings (SSSR count). The lowest BCUT2D eigenvalue weighted by atomic mass is 10.1. The molecule has 78 valence electrons. The first kappa shape index (κ1) is 9.68. The van der Waals surface area contributed by atoms with E-state index in [2.05, 4.69) is 16.1 Å². The Kier molecular flexibility index (Phi) is 2.84. The number of hydrogen-bond donors (Lipinski definition) is 1. The quantitative estimate of drug-likeness (QED) is 0.747. The van der Waals surface area contributed by atoms with Crippen LogP contribution in [0.3, 0.4) is 0 Å². The first-order valence-corrected chi connectivity index (χ1v) is 5.19. The number of aryl methyl sites for hydroxylation is 1. The summed E-state index contributed by atoms with van der Waals surface area (Å²) < 4.78 is 1.85. The molecule has 1 aliphatic rings. The van der Waals surface area contributed by atoms with E-state index in [9.17, 15) is 0 Å². The van der Waals surface area contributed by atoms with E-state index in [4.69, 9.17) is 5.73 Å². The largest absolute Gasteiger partial charge is 0.330 e. The van der Waals surface area contributed by atoms with Gasteiger partial charge in [0.2, 0.25) is 0 Å². The molecule has 1 fully saturated rings. The second-order valence-electron chi connectivity index (χ2n) is 4.11. The van der Waals surface area contributed by atoms with Crippen LogP contribution in [0.25, 0.3) is 0 Å². The molecule has 1 unspecified atom stereocenters. The zero-order valence-electron chi connectivity index (χ0n) is 8.69. The van der Waals surface area contributed by atoms with Crippen LogP contribution in [0.4, 0.5) is 0 Å². The lowest BCUT2D eigenvalue weighted by Gasteiger charge is -2.13. The van der Waals surface area contributed by atoms with Gasteiger partial charge >= 0.3 is 0 Å². The third-order valence-electron chi connectivity index (χ3n) is 2.86. The fourth-order valence-corrected chi connectivity index (χ4v) is 2.03. The Bertz CT molecular complexity index is 294. The monoisotopic (exact) mass is 194 g/mol. The van der Waals surface area contributed by atoms with E-state index in [0.717, 1.165) is 25.3 Å². The van der Waals surface area contributed by atoms with Crippen molar-refractivity contribution in [1.82, 2.24) is 14.7 Å². The van der Waals surface area contributed by atoms with Gasteiger partial charge in [-0.25, -0.2) is 0 Å². The second-order valence-corrected chi connectivity index (χ2v) is 4.11. The number of likely N-dealkylation sites (tertiary alicyclic amines) is 1. The van der Waals surface area contributed by atoms with Gasteiger partial charge in [0, 0.05) is 26.3 Å². The third-order valence-corrected chi connectivity index (χ3v) is 2.86. The van der Waals surface area contributed by atoms with Crippen molar-refractivity contribution in [3.8, 4) is 0 Å². The van der Waals surface area contributed by atoms with Crippen LogP contribution in [0, 0.1) is 5.92 Å². The Balaban J connectivity index is 1.87. The molecule has 4 nitrogen and oxygen atoms in total. The molecule has 4 heteroatoms. The molecule has 0 aliphatic carbocycles. The topological polar surface area (TPSA) is 47.1 Å². The van der Waals surface area contributed by atoms with E-state index in [1.54, 1.807) is 0 Å². The standard InChI is InChI=1S/C10H18N4/c1-13-4-3-10(12-13)8-14-5-2-9(6-11)7-14/h3-4,9H,2,5-8,11H2,1H3. The van der Waals surface area contributed by atoms with Crippen molar-refractivity contribution in [3.63, 3.8) is 0 Å². The van der Waals surface area contributed by atoms with Crippen LogP contribution in [-0.4, -0.2) is 34.3 Å². The molecule has 1 aliphatic heterocycles. The zero-order chi connectivity index (χ0) is 9.97. The molecule has 2 heterocycles. The molecule has 0 bridgehead atoms. The third kappa shape index (κ3) is 2.13. The van der Waals surface area contributed by atoms with Gasteiger partial charge in [-0.2, -0.15) is 5.10 Å². The molecular weight excluding hydrogens is 176 g/mol. The van der Waals surface area contributed by atoms with Crippen molar-refractivity contribution < 1.29 is 0 Å². The SMILES string of the molecule is Cn1ccc(CN2CCC(CN)C2)n1. The van der Waals surface area contributed by atoms with Gasteiger partial charge in [0.1, 0.15) is 0 Å². The van der Waals surface area contributed by atoms with Gasteiger partial charge in [0.25, 0.3) is 0 Å². The minimum absolute atomic E-state index is 0.693. The Morgan fingerprint density at radius 2 is 2.50 bits per heavy atom. The van der Waals surface area contributed by atoms with Crippen molar-refractivity contribution in [2.75, 3.05) is 19.6 Å². The number of rotatable bonds is 3. The molecule has 0 radical (unpaired) electrons. The molecule has 1 aromatic heterocycles. The van der Waals surface area contributed by atoms with Gasteiger partial charge in [0.15, 0.2) is 0 Å². The lowest BCUT2D eigenvalue weighted by Crippen LogP contribution is -2.23. The fourth-order valence-electron chi connectivity index (χ4n) is 2.03. The first-order valence-electron chi connectivity index (χ1n) is 5.19. The predicted octanol–water partition coefficient (Wildman–Crippen LogP) is 0.201. The van der Waals surface area contributed by atoms with Crippen LogP contribution in [0.1, 0.15) is 12.1 Å².